The van der Waals surface area contributed by atoms with Crippen molar-refractivity contribution in [1.82, 2.24) is 0 Å². The molecule has 0 aliphatic heterocycles. The van der Waals surface area contributed by atoms with E-state index in [1.165, 1.54) is 36.8 Å². The molecule has 0 atom stereocenters. The van der Waals surface area contributed by atoms with Crippen LogP contribution in [-0.4, -0.2) is 8.32 Å². The topological polar surface area (TPSA) is 9.23 Å². The first-order valence-corrected chi connectivity index (χ1v) is 9.68. The van der Waals surface area contributed by atoms with Gasteiger partial charge in [0.15, 0.2) is 0 Å². The van der Waals surface area contributed by atoms with Crippen LogP contribution in [0.5, 0.6) is 0 Å². The first-order valence-electron chi connectivity index (χ1n) is 6.77. The molecule has 2 rings (SSSR count). The lowest BCUT2D eigenvalue weighted by Gasteiger charge is -2.37. The molecule has 0 bridgehead atoms. The summed E-state index contributed by atoms with van der Waals surface area (Å²) in [6.07, 6.45) is 9.75. The molecule has 0 saturated carbocycles. The highest BCUT2D eigenvalue weighted by Gasteiger charge is 2.40. The first-order chi connectivity index (χ1) is 7.79. The Morgan fingerprint density at radius 2 is 1.65 bits per heavy atom. The van der Waals surface area contributed by atoms with Crippen molar-refractivity contribution in [1.29, 1.82) is 0 Å². The zero-order chi connectivity index (χ0) is 12.7. The molecule has 0 aromatic rings. The van der Waals surface area contributed by atoms with Crippen molar-refractivity contribution in [2.24, 2.45) is 0 Å². The number of hydrogen-bond acceptors (Lipinski definition) is 1. The van der Waals surface area contributed by atoms with Gasteiger partial charge in [0.1, 0.15) is 0 Å². The Labute approximate surface area is 107 Å². The van der Waals surface area contributed by atoms with E-state index in [4.69, 9.17) is 4.43 Å². The minimum absolute atomic E-state index is 0.283. The molecule has 0 fully saturated rings. The molecule has 95 valence electrons. The van der Waals surface area contributed by atoms with Crippen LogP contribution >= 0.6 is 0 Å². The van der Waals surface area contributed by atoms with Crippen molar-refractivity contribution >= 4 is 8.32 Å². The van der Waals surface area contributed by atoms with E-state index in [0.29, 0.717) is 0 Å². The highest BCUT2D eigenvalue weighted by atomic mass is 28.4. The summed E-state index contributed by atoms with van der Waals surface area (Å²) in [6.45, 7) is 11.5. The highest BCUT2D eigenvalue weighted by Crippen LogP contribution is 2.42. The van der Waals surface area contributed by atoms with Gasteiger partial charge in [-0.2, -0.15) is 0 Å². The predicted octanol–water partition coefficient (Wildman–Crippen LogP) is 4.98. The van der Waals surface area contributed by atoms with Crippen LogP contribution in [0.25, 0.3) is 0 Å². The quantitative estimate of drug-likeness (QED) is 0.627. The maximum absolute atomic E-state index is 6.36. The average Bonchev–Trinajstić information content (AvgIpc) is 2.56. The molecule has 1 radical (unpaired) electrons. The van der Waals surface area contributed by atoms with E-state index in [2.05, 4.69) is 46.4 Å². The summed E-state index contributed by atoms with van der Waals surface area (Å²) in [5.41, 5.74) is 3.06. The van der Waals surface area contributed by atoms with Crippen LogP contribution in [0.2, 0.25) is 18.1 Å². The molecule has 0 unspecified atom stereocenters. The number of rotatable bonds is 2. The minimum atomic E-state index is -1.66. The predicted molar refractivity (Wildman–Crippen MR) is 76.2 cm³/mol. The first kappa shape index (κ1) is 12.9. The summed E-state index contributed by atoms with van der Waals surface area (Å²) in [6, 6.07) is 0. The van der Waals surface area contributed by atoms with Gasteiger partial charge >= 0.3 is 0 Å². The summed E-state index contributed by atoms with van der Waals surface area (Å²) in [5, 5.41) is 0.283. The molecule has 17 heavy (non-hydrogen) atoms. The van der Waals surface area contributed by atoms with Crippen LogP contribution in [0.4, 0.5) is 0 Å². The lowest BCUT2D eigenvalue weighted by molar-refractivity contribution is 0.394. The Morgan fingerprint density at radius 3 is 2.18 bits per heavy atom. The SMILES string of the molecule is CC(C)(C)[Si](C)(C)OC1=CC2=C([CH]1)CCCC2. The molecule has 0 aromatic heterocycles. The largest absolute Gasteiger partial charge is 0.546 e. The van der Waals surface area contributed by atoms with Crippen LogP contribution in [0.15, 0.2) is 23.0 Å². The lowest BCUT2D eigenvalue weighted by Crippen LogP contribution is -2.40. The van der Waals surface area contributed by atoms with Crippen molar-refractivity contribution in [3.8, 4) is 0 Å². The Balaban J connectivity index is 2.04. The van der Waals surface area contributed by atoms with Crippen molar-refractivity contribution in [2.75, 3.05) is 0 Å². The third-order valence-electron chi connectivity index (χ3n) is 4.37. The molecule has 0 amide bonds. The summed E-state index contributed by atoms with van der Waals surface area (Å²) in [4.78, 5) is 0. The third kappa shape index (κ3) is 2.67. The van der Waals surface area contributed by atoms with Gasteiger partial charge in [-0.1, -0.05) is 26.3 Å². The summed E-state index contributed by atoms with van der Waals surface area (Å²) in [5.74, 6) is 1.13. The Hall–Kier alpha value is -0.503. The van der Waals surface area contributed by atoms with Gasteiger partial charge in [0, 0.05) is 0 Å². The molecule has 2 heteroatoms. The maximum atomic E-state index is 6.36. The van der Waals surface area contributed by atoms with Crippen molar-refractivity contribution in [2.45, 2.75) is 64.6 Å². The number of allylic oxidation sites excluding steroid dienone is 3. The van der Waals surface area contributed by atoms with E-state index in [-0.39, 0.29) is 5.04 Å². The van der Waals surface area contributed by atoms with Gasteiger partial charge in [-0.05, 0) is 55.5 Å². The highest BCUT2D eigenvalue weighted by molar-refractivity contribution is 6.74. The second-order valence-electron chi connectivity index (χ2n) is 6.81. The van der Waals surface area contributed by atoms with Gasteiger partial charge in [-0.25, -0.2) is 0 Å². The fourth-order valence-electron chi connectivity index (χ4n) is 2.17. The second-order valence-corrected chi connectivity index (χ2v) is 11.5. The van der Waals surface area contributed by atoms with E-state index in [9.17, 15) is 0 Å². The Morgan fingerprint density at radius 1 is 1.06 bits per heavy atom. The zero-order valence-electron chi connectivity index (χ0n) is 11.9. The normalized spacial score (nSPS) is 21.4. The molecule has 0 N–H and O–H groups in total. The summed E-state index contributed by atoms with van der Waals surface area (Å²) < 4.78 is 6.36. The summed E-state index contributed by atoms with van der Waals surface area (Å²) >= 11 is 0. The Bertz CT molecular complexity index is 369. The van der Waals surface area contributed by atoms with Crippen LogP contribution < -0.4 is 0 Å². The molecule has 0 saturated heterocycles. The molecule has 2 aliphatic rings. The second kappa shape index (κ2) is 4.31. The van der Waals surface area contributed by atoms with E-state index in [1.54, 1.807) is 0 Å². The molecular weight excluding hydrogens is 224 g/mol. The molecule has 2 aliphatic carbocycles. The van der Waals surface area contributed by atoms with Crippen LogP contribution in [-0.2, 0) is 4.43 Å². The molecule has 1 nitrogen and oxygen atoms in total. The average molecular weight is 249 g/mol. The van der Waals surface area contributed by atoms with Crippen molar-refractivity contribution < 1.29 is 4.43 Å². The van der Waals surface area contributed by atoms with E-state index < -0.39 is 8.32 Å². The molecule has 0 heterocycles. The molecule has 0 aromatic carbocycles. The van der Waals surface area contributed by atoms with Gasteiger partial charge in [0.2, 0.25) is 8.32 Å². The smallest absolute Gasteiger partial charge is 0.250 e. The van der Waals surface area contributed by atoms with Crippen LogP contribution in [0.1, 0.15) is 46.5 Å². The number of hydrogen-bond donors (Lipinski definition) is 0. The van der Waals surface area contributed by atoms with Crippen molar-refractivity contribution in [3.63, 3.8) is 0 Å². The molecular formula is C15H25OSi. The monoisotopic (exact) mass is 249 g/mol. The van der Waals surface area contributed by atoms with Gasteiger partial charge in [-0.15, -0.1) is 0 Å². The van der Waals surface area contributed by atoms with Crippen LogP contribution in [0, 0.1) is 6.42 Å². The van der Waals surface area contributed by atoms with Gasteiger partial charge in [0.25, 0.3) is 0 Å². The van der Waals surface area contributed by atoms with Gasteiger partial charge in [0.05, 0.1) is 12.2 Å². The molecule has 0 spiro atoms. The van der Waals surface area contributed by atoms with Crippen LogP contribution in [0.3, 0.4) is 0 Å². The van der Waals surface area contributed by atoms with E-state index in [1.807, 2.05) is 0 Å². The standard InChI is InChI=1S/C15H25OSi/c1-15(2,3)17(4,5)16-14-10-12-8-6-7-9-13(12)11-14/h10-11H,6-9H2,1-5H3. The third-order valence-corrected chi connectivity index (χ3v) is 8.73. The summed E-state index contributed by atoms with van der Waals surface area (Å²) in [7, 11) is -1.66. The van der Waals surface area contributed by atoms with Crippen molar-refractivity contribution in [3.05, 3.63) is 29.4 Å². The minimum Gasteiger partial charge on any atom is -0.546 e. The Kier molecular flexibility index (Phi) is 3.28. The van der Waals surface area contributed by atoms with Gasteiger partial charge in [-0.3, -0.25) is 0 Å². The van der Waals surface area contributed by atoms with E-state index in [0.717, 1.165) is 5.76 Å². The maximum Gasteiger partial charge on any atom is 0.250 e. The zero-order valence-corrected chi connectivity index (χ0v) is 12.9. The fourth-order valence-corrected chi connectivity index (χ4v) is 3.19. The van der Waals surface area contributed by atoms with Gasteiger partial charge < -0.3 is 4.43 Å². The fraction of sp³-hybridized carbons (Fsp3) is 0.667. The van der Waals surface area contributed by atoms with E-state index >= 15 is 0 Å². The lowest BCUT2D eigenvalue weighted by atomic mass is 9.94.